The van der Waals surface area contributed by atoms with Gasteiger partial charge in [0.05, 0.1) is 24.0 Å². The third kappa shape index (κ3) is 4.65. The molecule has 2 unspecified atom stereocenters. The van der Waals surface area contributed by atoms with Gasteiger partial charge in [0.2, 0.25) is 5.91 Å². The molecular weight excluding hydrogens is 489 g/mol. The molecule has 2 heterocycles. The lowest BCUT2D eigenvalue weighted by Crippen LogP contribution is -2.46. The Bertz CT molecular complexity index is 1270. The van der Waals surface area contributed by atoms with E-state index in [1.54, 1.807) is 0 Å². The molecule has 2 N–H and O–H groups in total. The largest absolute Gasteiger partial charge is 0.421 e. The maximum absolute atomic E-state index is 13.3. The van der Waals surface area contributed by atoms with Crippen LogP contribution in [0.2, 0.25) is 0 Å². The summed E-state index contributed by atoms with van der Waals surface area (Å²) in [7, 11) is -3.51. The van der Waals surface area contributed by atoms with Crippen LogP contribution in [0, 0.1) is 5.92 Å². The molecule has 8 nitrogen and oxygen atoms in total. The average Bonchev–Trinajstić information content (AvgIpc) is 3.10. The standard InChI is InChI=1S/C23H23F3N2O6S/c1-22(31,23(24,25)26)15-3-5-16(6-4-15)27-20(29)19-18-8-7-17(35(2,32)33)9-13(18)10-28(19)21(30)14-11-34-12-14/h3-9,14,19,31H,10-12H2,1-2H3,(H,27,29). The molecule has 1 saturated heterocycles. The second-order valence-corrected chi connectivity index (χ2v) is 10.9. The number of hydrogen-bond donors (Lipinski definition) is 2. The predicted molar refractivity (Wildman–Crippen MR) is 118 cm³/mol. The Morgan fingerprint density at radius 2 is 1.74 bits per heavy atom. The number of carbonyl (C=O) groups is 2. The van der Waals surface area contributed by atoms with Crippen LogP contribution in [0.3, 0.4) is 0 Å². The maximum Gasteiger partial charge on any atom is 0.421 e. The van der Waals surface area contributed by atoms with Gasteiger partial charge < -0.3 is 20.1 Å². The molecule has 2 amide bonds. The van der Waals surface area contributed by atoms with Crippen LogP contribution in [-0.4, -0.2) is 55.9 Å². The van der Waals surface area contributed by atoms with Crippen molar-refractivity contribution < 1.29 is 41.0 Å². The van der Waals surface area contributed by atoms with Crippen LogP contribution < -0.4 is 5.32 Å². The van der Waals surface area contributed by atoms with Crippen molar-refractivity contribution in [1.29, 1.82) is 0 Å². The van der Waals surface area contributed by atoms with Gasteiger partial charge in [0.1, 0.15) is 6.04 Å². The normalized spacial score (nSPS) is 20.1. The van der Waals surface area contributed by atoms with Gasteiger partial charge in [-0.2, -0.15) is 13.2 Å². The van der Waals surface area contributed by atoms with Gasteiger partial charge in [0.25, 0.3) is 5.91 Å². The number of sulfone groups is 1. The van der Waals surface area contributed by atoms with Gasteiger partial charge in [-0.15, -0.1) is 0 Å². The molecule has 4 rings (SSSR count). The lowest BCUT2D eigenvalue weighted by Gasteiger charge is -2.32. The van der Waals surface area contributed by atoms with Gasteiger partial charge in [-0.1, -0.05) is 18.2 Å². The number of nitrogens with zero attached hydrogens (tertiary/aromatic N) is 1. The summed E-state index contributed by atoms with van der Waals surface area (Å²) in [6, 6.07) is 7.78. The summed E-state index contributed by atoms with van der Waals surface area (Å²) in [6.45, 7) is 1.10. The molecule has 2 aliphatic rings. The Balaban J connectivity index is 1.62. The van der Waals surface area contributed by atoms with Gasteiger partial charge in [0.15, 0.2) is 15.4 Å². The van der Waals surface area contributed by atoms with Crippen LogP contribution in [0.15, 0.2) is 47.4 Å². The van der Waals surface area contributed by atoms with Crippen LogP contribution in [0.1, 0.15) is 29.7 Å². The van der Waals surface area contributed by atoms with Crippen molar-refractivity contribution in [3.63, 3.8) is 0 Å². The molecule has 2 atom stereocenters. The zero-order valence-electron chi connectivity index (χ0n) is 18.8. The first-order valence-corrected chi connectivity index (χ1v) is 12.5. The number of halogens is 3. The molecule has 0 aromatic heterocycles. The van der Waals surface area contributed by atoms with E-state index < -0.39 is 45.0 Å². The van der Waals surface area contributed by atoms with Crippen molar-refractivity contribution in [3.05, 3.63) is 59.2 Å². The molecule has 2 aromatic rings. The number of hydrogen-bond acceptors (Lipinski definition) is 6. The van der Waals surface area contributed by atoms with Crippen LogP contribution >= 0.6 is 0 Å². The SMILES string of the molecule is CC(O)(c1ccc(NC(=O)C2c3ccc(S(C)(=O)=O)cc3CN2C(=O)C2COC2)cc1)C(F)(F)F. The van der Waals surface area contributed by atoms with Crippen molar-refractivity contribution in [3.8, 4) is 0 Å². The first kappa shape index (κ1) is 25.1. The topological polar surface area (TPSA) is 113 Å². The van der Waals surface area contributed by atoms with Crippen molar-refractivity contribution in [1.82, 2.24) is 4.90 Å². The number of nitrogens with one attached hydrogen (secondary N) is 1. The summed E-state index contributed by atoms with van der Waals surface area (Å²) in [5.74, 6) is -1.34. The third-order valence-electron chi connectivity index (χ3n) is 6.27. The molecule has 0 aliphatic carbocycles. The molecule has 2 aliphatic heterocycles. The zero-order valence-corrected chi connectivity index (χ0v) is 19.6. The van der Waals surface area contributed by atoms with Gasteiger partial charge in [-0.3, -0.25) is 9.59 Å². The minimum atomic E-state index is -4.89. The third-order valence-corrected chi connectivity index (χ3v) is 7.39. The van der Waals surface area contributed by atoms with Crippen LogP contribution in [0.25, 0.3) is 0 Å². The maximum atomic E-state index is 13.3. The summed E-state index contributed by atoms with van der Waals surface area (Å²) in [6.07, 6.45) is -3.83. The monoisotopic (exact) mass is 512 g/mol. The van der Waals surface area contributed by atoms with Crippen molar-refractivity contribution in [2.45, 2.75) is 36.2 Å². The second-order valence-electron chi connectivity index (χ2n) is 8.87. The van der Waals surface area contributed by atoms with Crippen molar-refractivity contribution >= 4 is 27.3 Å². The highest BCUT2D eigenvalue weighted by atomic mass is 32.2. The number of ether oxygens (including phenoxy) is 1. The second kappa shape index (κ2) is 8.61. The molecule has 2 aromatic carbocycles. The lowest BCUT2D eigenvalue weighted by atomic mass is 9.95. The number of aliphatic hydroxyl groups is 1. The summed E-state index contributed by atoms with van der Waals surface area (Å²) < 4.78 is 68.3. The first-order chi connectivity index (χ1) is 16.2. The highest BCUT2D eigenvalue weighted by molar-refractivity contribution is 7.90. The molecule has 0 saturated carbocycles. The van der Waals surface area contributed by atoms with E-state index in [0.717, 1.165) is 18.4 Å². The molecule has 12 heteroatoms. The van der Waals surface area contributed by atoms with Crippen LogP contribution in [-0.2, 0) is 36.3 Å². The van der Waals surface area contributed by atoms with Crippen LogP contribution in [0.4, 0.5) is 18.9 Å². The van der Waals surface area contributed by atoms with Gasteiger partial charge in [-0.25, -0.2) is 8.42 Å². The van der Waals surface area contributed by atoms with E-state index >= 15 is 0 Å². The Morgan fingerprint density at radius 1 is 1.11 bits per heavy atom. The zero-order chi connectivity index (χ0) is 25.8. The predicted octanol–water partition coefficient (Wildman–Crippen LogP) is 2.53. The van der Waals surface area contributed by atoms with Gasteiger partial charge in [0, 0.05) is 18.5 Å². The van der Waals surface area contributed by atoms with Gasteiger partial charge >= 0.3 is 6.18 Å². The minimum Gasteiger partial charge on any atom is -0.380 e. The minimum absolute atomic E-state index is 0.0273. The Hall–Kier alpha value is -2.96. The van der Waals surface area contributed by atoms with Gasteiger partial charge in [-0.05, 0) is 47.9 Å². The number of fused-ring (bicyclic) bond motifs is 1. The fourth-order valence-corrected chi connectivity index (χ4v) is 4.68. The number of anilines is 1. The van der Waals surface area contributed by atoms with E-state index in [2.05, 4.69) is 5.32 Å². The lowest BCUT2D eigenvalue weighted by molar-refractivity contribution is -0.258. The highest BCUT2D eigenvalue weighted by Gasteiger charge is 2.51. The average molecular weight is 513 g/mol. The van der Waals surface area contributed by atoms with Crippen molar-refractivity contribution in [2.24, 2.45) is 5.92 Å². The van der Waals surface area contributed by atoms with Crippen molar-refractivity contribution in [2.75, 3.05) is 24.8 Å². The number of amides is 2. The van der Waals surface area contributed by atoms with E-state index in [1.165, 1.54) is 35.2 Å². The summed E-state index contributed by atoms with van der Waals surface area (Å²) in [5.41, 5.74) is -2.33. The van der Waals surface area contributed by atoms with E-state index in [9.17, 15) is 36.3 Å². The number of benzene rings is 2. The number of rotatable bonds is 5. The number of alkyl halides is 3. The molecule has 0 spiro atoms. The smallest absolute Gasteiger partial charge is 0.380 e. The summed E-state index contributed by atoms with van der Waals surface area (Å²) >= 11 is 0. The fourth-order valence-electron chi connectivity index (χ4n) is 4.01. The Kier molecular flexibility index (Phi) is 6.18. The highest BCUT2D eigenvalue weighted by Crippen LogP contribution is 2.40. The molecule has 1 fully saturated rings. The summed E-state index contributed by atoms with van der Waals surface area (Å²) in [5, 5.41) is 12.4. The Labute approximate surface area is 199 Å². The molecule has 188 valence electrons. The molecule has 35 heavy (non-hydrogen) atoms. The van der Waals surface area contributed by atoms with E-state index in [1.807, 2.05) is 0 Å². The van der Waals surface area contributed by atoms with E-state index in [4.69, 9.17) is 4.74 Å². The summed E-state index contributed by atoms with van der Waals surface area (Å²) in [4.78, 5) is 27.7. The first-order valence-electron chi connectivity index (χ1n) is 10.6. The molecular formula is C23H23F3N2O6S. The Morgan fingerprint density at radius 3 is 2.26 bits per heavy atom. The molecule has 0 bridgehead atoms. The van der Waals surface area contributed by atoms with E-state index in [0.29, 0.717) is 18.1 Å². The number of carbonyl (C=O) groups excluding carboxylic acids is 2. The fraction of sp³-hybridized carbons (Fsp3) is 0.391. The molecule has 0 radical (unpaired) electrons. The van der Waals surface area contributed by atoms with E-state index in [-0.39, 0.29) is 36.2 Å². The van der Waals surface area contributed by atoms with Crippen LogP contribution in [0.5, 0.6) is 0 Å². The quantitative estimate of drug-likeness (QED) is 0.637.